The van der Waals surface area contributed by atoms with E-state index in [1.54, 1.807) is 31.3 Å². The van der Waals surface area contributed by atoms with Crippen molar-refractivity contribution in [3.8, 4) is 6.07 Å². The highest BCUT2D eigenvalue weighted by Crippen LogP contribution is 2.15. The standard InChI is InChI=1S/C12H12N2O2/c1-9(15)6-12(16)14(2)11-5-3-4-10(7-11)8-13/h3-5,7H,6H2,1-2H3. The van der Waals surface area contributed by atoms with E-state index in [0.717, 1.165) is 0 Å². The van der Waals surface area contributed by atoms with Gasteiger partial charge >= 0.3 is 0 Å². The van der Waals surface area contributed by atoms with Crippen LogP contribution in [-0.2, 0) is 9.59 Å². The molecule has 1 aromatic carbocycles. The number of amides is 1. The molecular weight excluding hydrogens is 204 g/mol. The van der Waals surface area contributed by atoms with E-state index in [1.165, 1.54) is 11.8 Å². The van der Waals surface area contributed by atoms with Crippen molar-refractivity contribution in [3.05, 3.63) is 29.8 Å². The number of Topliss-reactive ketones (excluding diaryl/α,β-unsaturated/α-hetero) is 1. The molecule has 0 spiro atoms. The molecule has 4 nitrogen and oxygen atoms in total. The first kappa shape index (κ1) is 11.9. The van der Waals surface area contributed by atoms with Crippen molar-refractivity contribution in [2.24, 2.45) is 0 Å². The van der Waals surface area contributed by atoms with Gasteiger partial charge in [0.25, 0.3) is 0 Å². The number of nitriles is 1. The van der Waals surface area contributed by atoms with Gasteiger partial charge in [-0.3, -0.25) is 9.59 Å². The van der Waals surface area contributed by atoms with Gasteiger partial charge in [0.15, 0.2) is 0 Å². The maximum atomic E-state index is 11.6. The summed E-state index contributed by atoms with van der Waals surface area (Å²) in [5.41, 5.74) is 1.10. The van der Waals surface area contributed by atoms with E-state index in [-0.39, 0.29) is 18.1 Å². The van der Waals surface area contributed by atoms with Gasteiger partial charge in [0.05, 0.1) is 18.1 Å². The topological polar surface area (TPSA) is 61.2 Å². The lowest BCUT2D eigenvalue weighted by Gasteiger charge is -2.16. The maximum absolute atomic E-state index is 11.6. The van der Waals surface area contributed by atoms with Crippen LogP contribution in [-0.4, -0.2) is 18.7 Å². The molecule has 1 rings (SSSR count). The number of anilines is 1. The zero-order chi connectivity index (χ0) is 12.1. The van der Waals surface area contributed by atoms with E-state index in [4.69, 9.17) is 5.26 Å². The van der Waals surface area contributed by atoms with Gasteiger partial charge in [-0.05, 0) is 25.1 Å². The van der Waals surface area contributed by atoms with Crippen molar-refractivity contribution < 1.29 is 9.59 Å². The fraction of sp³-hybridized carbons (Fsp3) is 0.250. The van der Waals surface area contributed by atoms with Crippen LogP contribution in [0.15, 0.2) is 24.3 Å². The zero-order valence-electron chi connectivity index (χ0n) is 9.23. The van der Waals surface area contributed by atoms with Crippen LogP contribution in [0.3, 0.4) is 0 Å². The molecule has 0 saturated heterocycles. The summed E-state index contributed by atoms with van der Waals surface area (Å²) in [6.07, 6.45) is -0.118. The Balaban J connectivity index is 2.88. The van der Waals surface area contributed by atoms with E-state index in [0.29, 0.717) is 11.3 Å². The summed E-state index contributed by atoms with van der Waals surface area (Å²) < 4.78 is 0. The van der Waals surface area contributed by atoms with Gasteiger partial charge in [-0.2, -0.15) is 5.26 Å². The quantitative estimate of drug-likeness (QED) is 0.719. The number of nitrogens with zero attached hydrogens (tertiary/aromatic N) is 2. The average molecular weight is 216 g/mol. The predicted octanol–water partition coefficient (Wildman–Crippen LogP) is 1.50. The molecule has 4 heteroatoms. The van der Waals surface area contributed by atoms with Crippen LogP contribution in [0.4, 0.5) is 5.69 Å². The van der Waals surface area contributed by atoms with Crippen LogP contribution in [0, 0.1) is 11.3 Å². The predicted molar refractivity (Wildman–Crippen MR) is 59.9 cm³/mol. The highest BCUT2D eigenvalue weighted by molar-refractivity contribution is 6.04. The van der Waals surface area contributed by atoms with Crippen LogP contribution in [0.25, 0.3) is 0 Å². The molecule has 0 bridgehead atoms. The van der Waals surface area contributed by atoms with Crippen LogP contribution in [0.5, 0.6) is 0 Å². The number of carbonyl (C=O) groups excluding carboxylic acids is 2. The van der Waals surface area contributed by atoms with E-state index < -0.39 is 0 Å². The van der Waals surface area contributed by atoms with Gasteiger partial charge in [-0.1, -0.05) is 6.07 Å². The van der Waals surface area contributed by atoms with E-state index >= 15 is 0 Å². The normalized spacial score (nSPS) is 9.31. The Labute approximate surface area is 94.1 Å². The Hall–Kier alpha value is -2.15. The first-order valence-corrected chi connectivity index (χ1v) is 4.80. The molecule has 0 aliphatic carbocycles. The van der Waals surface area contributed by atoms with Gasteiger partial charge < -0.3 is 4.90 Å². The molecule has 1 aromatic rings. The Morgan fingerprint density at radius 3 is 2.69 bits per heavy atom. The second-order valence-corrected chi connectivity index (χ2v) is 3.49. The summed E-state index contributed by atoms with van der Waals surface area (Å²) in [5.74, 6) is -0.448. The van der Waals surface area contributed by atoms with Crippen molar-refractivity contribution in [2.45, 2.75) is 13.3 Å². The lowest BCUT2D eigenvalue weighted by molar-refractivity contribution is -0.125. The fourth-order valence-electron chi connectivity index (χ4n) is 1.26. The Morgan fingerprint density at radius 1 is 1.44 bits per heavy atom. The Bertz CT molecular complexity index is 460. The summed E-state index contributed by atoms with van der Waals surface area (Å²) in [6.45, 7) is 1.37. The number of benzene rings is 1. The minimum Gasteiger partial charge on any atom is -0.315 e. The maximum Gasteiger partial charge on any atom is 0.234 e. The van der Waals surface area contributed by atoms with E-state index in [9.17, 15) is 9.59 Å². The number of hydrogen-bond donors (Lipinski definition) is 0. The number of hydrogen-bond acceptors (Lipinski definition) is 3. The summed E-state index contributed by atoms with van der Waals surface area (Å²) >= 11 is 0. The van der Waals surface area contributed by atoms with Gasteiger partial charge in [-0.25, -0.2) is 0 Å². The lowest BCUT2D eigenvalue weighted by atomic mass is 10.2. The number of rotatable bonds is 3. The van der Waals surface area contributed by atoms with Crippen molar-refractivity contribution in [3.63, 3.8) is 0 Å². The molecule has 0 aliphatic rings. The number of ketones is 1. The van der Waals surface area contributed by atoms with Gasteiger partial charge in [-0.15, -0.1) is 0 Å². The third kappa shape index (κ3) is 2.92. The summed E-state index contributed by atoms with van der Waals surface area (Å²) in [4.78, 5) is 23.8. The molecule has 0 aliphatic heterocycles. The summed E-state index contributed by atoms with van der Waals surface area (Å²) in [7, 11) is 1.59. The van der Waals surface area contributed by atoms with Crippen LogP contribution < -0.4 is 4.90 Å². The molecule has 1 amide bonds. The molecule has 16 heavy (non-hydrogen) atoms. The first-order chi connectivity index (χ1) is 7.54. The number of carbonyl (C=O) groups is 2. The summed E-state index contributed by atoms with van der Waals surface area (Å²) in [5, 5.41) is 8.72. The third-order valence-electron chi connectivity index (χ3n) is 2.14. The Kier molecular flexibility index (Phi) is 3.78. The first-order valence-electron chi connectivity index (χ1n) is 4.80. The molecular formula is C12H12N2O2. The van der Waals surface area contributed by atoms with E-state index in [1.807, 2.05) is 6.07 Å². The SMILES string of the molecule is CC(=O)CC(=O)N(C)c1cccc(C#N)c1. The summed E-state index contributed by atoms with van der Waals surface area (Å²) in [6, 6.07) is 8.69. The zero-order valence-corrected chi connectivity index (χ0v) is 9.23. The molecule has 0 heterocycles. The fourth-order valence-corrected chi connectivity index (χ4v) is 1.26. The van der Waals surface area contributed by atoms with Gasteiger partial charge in [0.2, 0.25) is 5.91 Å². The molecule has 0 aromatic heterocycles. The largest absolute Gasteiger partial charge is 0.315 e. The molecule has 0 N–H and O–H groups in total. The van der Waals surface area contributed by atoms with Gasteiger partial charge in [0.1, 0.15) is 5.78 Å². The molecule has 0 saturated carbocycles. The highest BCUT2D eigenvalue weighted by atomic mass is 16.2. The van der Waals surface area contributed by atoms with Crippen molar-refractivity contribution in [2.75, 3.05) is 11.9 Å². The third-order valence-corrected chi connectivity index (χ3v) is 2.14. The molecule has 0 atom stereocenters. The molecule has 0 radical (unpaired) electrons. The monoisotopic (exact) mass is 216 g/mol. The average Bonchev–Trinajstić information content (AvgIpc) is 2.27. The minimum absolute atomic E-state index is 0.118. The van der Waals surface area contributed by atoms with Crippen molar-refractivity contribution in [1.82, 2.24) is 0 Å². The van der Waals surface area contributed by atoms with Crippen molar-refractivity contribution >= 4 is 17.4 Å². The van der Waals surface area contributed by atoms with Crippen LogP contribution in [0.1, 0.15) is 18.9 Å². The highest BCUT2D eigenvalue weighted by Gasteiger charge is 2.12. The van der Waals surface area contributed by atoms with E-state index in [2.05, 4.69) is 0 Å². The smallest absolute Gasteiger partial charge is 0.234 e. The van der Waals surface area contributed by atoms with Crippen LogP contribution >= 0.6 is 0 Å². The molecule has 0 unspecified atom stereocenters. The second kappa shape index (κ2) is 5.08. The van der Waals surface area contributed by atoms with Gasteiger partial charge in [0, 0.05) is 12.7 Å². The minimum atomic E-state index is -0.275. The molecule has 0 fully saturated rings. The van der Waals surface area contributed by atoms with Crippen molar-refractivity contribution in [1.29, 1.82) is 5.26 Å². The Morgan fingerprint density at radius 2 is 2.12 bits per heavy atom. The van der Waals surface area contributed by atoms with Crippen LogP contribution in [0.2, 0.25) is 0 Å². The lowest BCUT2D eigenvalue weighted by Crippen LogP contribution is -2.27. The second-order valence-electron chi connectivity index (χ2n) is 3.49. The molecule has 82 valence electrons.